The van der Waals surface area contributed by atoms with Crippen molar-refractivity contribution >= 4 is 11.8 Å². The predicted octanol–water partition coefficient (Wildman–Crippen LogP) is 3.80. The van der Waals surface area contributed by atoms with Crippen LogP contribution < -0.4 is 15.4 Å². The van der Waals surface area contributed by atoms with Gasteiger partial charge in [-0.3, -0.25) is 9.59 Å². The number of hydrogen-bond donors (Lipinski definition) is 3. The maximum atomic E-state index is 13.1. The van der Waals surface area contributed by atoms with Crippen LogP contribution in [0.25, 0.3) is 16.9 Å². The van der Waals surface area contributed by atoms with E-state index in [1.807, 2.05) is 54.6 Å². The van der Waals surface area contributed by atoms with E-state index in [9.17, 15) is 14.7 Å². The van der Waals surface area contributed by atoms with E-state index in [0.29, 0.717) is 36.3 Å². The minimum absolute atomic E-state index is 0.0358. The molecule has 178 valence electrons. The van der Waals surface area contributed by atoms with Crippen molar-refractivity contribution in [2.45, 2.75) is 6.42 Å². The smallest absolute Gasteiger partial charge is 0.255 e. The molecule has 0 spiro atoms. The van der Waals surface area contributed by atoms with Gasteiger partial charge in [-0.1, -0.05) is 24.3 Å². The van der Waals surface area contributed by atoms with Gasteiger partial charge in [0.1, 0.15) is 17.2 Å². The van der Waals surface area contributed by atoms with Gasteiger partial charge in [-0.15, -0.1) is 0 Å². The van der Waals surface area contributed by atoms with Crippen LogP contribution in [-0.4, -0.2) is 46.9 Å². The van der Waals surface area contributed by atoms with Crippen LogP contribution in [0, 0.1) is 0 Å². The van der Waals surface area contributed by atoms with Gasteiger partial charge in [0.15, 0.2) is 0 Å². The largest absolute Gasteiger partial charge is 0.508 e. The van der Waals surface area contributed by atoms with Crippen molar-refractivity contribution in [2.24, 2.45) is 0 Å². The lowest BCUT2D eigenvalue weighted by atomic mass is 10.1. The molecule has 0 saturated heterocycles. The molecule has 0 fully saturated rings. The van der Waals surface area contributed by atoms with Crippen LogP contribution in [0.2, 0.25) is 0 Å². The Morgan fingerprint density at radius 3 is 2.31 bits per heavy atom. The van der Waals surface area contributed by atoms with Gasteiger partial charge in [0.2, 0.25) is 0 Å². The van der Waals surface area contributed by atoms with Crippen LogP contribution in [0.5, 0.6) is 11.5 Å². The van der Waals surface area contributed by atoms with Gasteiger partial charge < -0.3 is 20.5 Å². The molecule has 0 saturated carbocycles. The van der Waals surface area contributed by atoms with Gasteiger partial charge in [0.05, 0.1) is 18.4 Å². The number of aromatic hydroxyl groups is 1. The number of methoxy groups -OCH3 is 1. The summed E-state index contributed by atoms with van der Waals surface area (Å²) in [4.78, 5) is 25.2. The highest BCUT2D eigenvalue weighted by molar-refractivity contribution is 6.00. The number of nitrogens with zero attached hydrogens (tertiary/aromatic N) is 2. The monoisotopic (exact) mass is 470 g/mol. The van der Waals surface area contributed by atoms with Crippen LogP contribution in [-0.2, 0) is 0 Å². The zero-order valence-corrected chi connectivity index (χ0v) is 19.3. The molecule has 3 N–H and O–H groups in total. The van der Waals surface area contributed by atoms with E-state index in [-0.39, 0.29) is 17.6 Å². The Bertz CT molecular complexity index is 1300. The molecular formula is C27H26N4O4. The van der Waals surface area contributed by atoms with Crippen LogP contribution in [0.15, 0.2) is 85.1 Å². The van der Waals surface area contributed by atoms with E-state index in [1.54, 1.807) is 30.1 Å². The van der Waals surface area contributed by atoms with Gasteiger partial charge in [-0.05, 0) is 61.0 Å². The normalized spacial score (nSPS) is 10.5. The average Bonchev–Trinajstić information content (AvgIpc) is 3.34. The molecule has 4 aromatic rings. The Kier molecular flexibility index (Phi) is 7.42. The van der Waals surface area contributed by atoms with Gasteiger partial charge in [-0.2, -0.15) is 5.10 Å². The number of rotatable bonds is 9. The SMILES string of the molecule is COc1ccc(-c2nn(-c3ccccc3)cc2C(=O)NCCCNC(=O)c2cccc(O)c2)cc1. The highest BCUT2D eigenvalue weighted by Crippen LogP contribution is 2.26. The van der Waals surface area contributed by atoms with Crippen molar-refractivity contribution in [1.29, 1.82) is 0 Å². The van der Waals surface area contributed by atoms with E-state index in [0.717, 1.165) is 17.0 Å². The molecule has 1 aromatic heterocycles. The molecule has 2 amide bonds. The molecule has 1 heterocycles. The molecular weight excluding hydrogens is 444 g/mol. The first-order chi connectivity index (χ1) is 17.0. The number of para-hydroxylation sites is 1. The van der Waals surface area contributed by atoms with Crippen molar-refractivity contribution in [3.63, 3.8) is 0 Å². The highest BCUT2D eigenvalue weighted by Gasteiger charge is 2.18. The average molecular weight is 471 g/mol. The highest BCUT2D eigenvalue weighted by atomic mass is 16.5. The summed E-state index contributed by atoms with van der Waals surface area (Å²) in [5.41, 5.74) is 3.03. The number of carbonyl (C=O) groups is 2. The fourth-order valence-corrected chi connectivity index (χ4v) is 3.55. The summed E-state index contributed by atoms with van der Waals surface area (Å²) in [5.74, 6) is 0.221. The number of benzene rings is 3. The zero-order chi connectivity index (χ0) is 24.6. The summed E-state index contributed by atoms with van der Waals surface area (Å²) >= 11 is 0. The molecule has 3 aromatic carbocycles. The fraction of sp³-hybridized carbons (Fsp3) is 0.148. The summed E-state index contributed by atoms with van der Waals surface area (Å²) in [5, 5.41) is 19.9. The van der Waals surface area contributed by atoms with Crippen LogP contribution >= 0.6 is 0 Å². The first kappa shape index (κ1) is 23.6. The number of amides is 2. The molecule has 0 bridgehead atoms. The third-order valence-corrected chi connectivity index (χ3v) is 5.38. The van der Waals surface area contributed by atoms with Crippen LogP contribution in [0.4, 0.5) is 0 Å². The third-order valence-electron chi connectivity index (χ3n) is 5.38. The van der Waals surface area contributed by atoms with Gasteiger partial charge in [-0.25, -0.2) is 4.68 Å². The zero-order valence-electron chi connectivity index (χ0n) is 19.3. The Labute approximate surface area is 203 Å². The summed E-state index contributed by atoms with van der Waals surface area (Å²) < 4.78 is 6.92. The molecule has 0 radical (unpaired) electrons. The second-order valence-electron chi connectivity index (χ2n) is 7.82. The Balaban J connectivity index is 1.42. The summed E-state index contributed by atoms with van der Waals surface area (Å²) in [6.45, 7) is 0.751. The molecule has 0 aliphatic rings. The van der Waals surface area contributed by atoms with Gasteiger partial charge >= 0.3 is 0 Å². The predicted molar refractivity (Wildman–Crippen MR) is 133 cm³/mol. The minimum atomic E-state index is -0.279. The fourth-order valence-electron chi connectivity index (χ4n) is 3.55. The minimum Gasteiger partial charge on any atom is -0.508 e. The van der Waals surface area contributed by atoms with E-state index >= 15 is 0 Å². The van der Waals surface area contributed by atoms with Crippen molar-refractivity contribution < 1.29 is 19.4 Å². The van der Waals surface area contributed by atoms with E-state index in [2.05, 4.69) is 15.7 Å². The lowest BCUT2D eigenvalue weighted by Crippen LogP contribution is -2.30. The molecule has 35 heavy (non-hydrogen) atoms. The molecule has 8 heteroatoms. The Morgan fingerprint density at radius 2 is 1.63 bits per heavy atom. The molecule has 0 aliphatic carbocycles. The maximum Gasteiger partial charge on any atom is 0.255 e. The number of aromatic nitrogens is 2. The molecule has 0 atom stereocenters. The Morgan fingerprint density at radius 1 is 0.914 bits per heavy atom. The number of hydrogen-bond acceptors (Lipinski definition) is 5. The first-order valence-electron chi connectivity index (χ1n) is 11.2. The second-order valence-corrected chi connectivity index (χ2v) is 7.82. The number of phenols is 1. The number of nitrogens with one attached hydrogen (secondary N) is 2. The number of phenolic OH excluding ortho intramolecular Hbond substituents is 1. The van der Waals surface area contributed by atoms with Crippen molar-refractivity contribution in [3.05, 3.63) is 96.2 Å². The molecule has 8 nitrogen and oxygen atoms in total. The van der Waals surface area contributed by atoms with Gasteiger partial charge in [0.25, 0.3) is 11.8 Å². The molecule has 0 unspecified atom stereocenters. The quantitative estimate of drug-likeness (QED) is 0.323. The summed E-state index contributed by atoms with van der Waals surface area (Å²) in [7, 11) is 1.60. The van der Waals surface area contributed by atoms with Crippen molar-refractivity contribution in [3.8, 4) is 28.4 Å². The third kappa shape index (κ3) is 5.86. The first-order valence-corrected chi connectivity index (χ1v) is 11.2. The lowest BCUT2D eigenvalue weighted by Gasteiger charge is -2.08. The van der Waals surface area contributed by atoms with Crippen molar-refractivity contribution in [1.82, 2.24) is 20.4 Å². The molecule has 0 aliphatic heterocycles. The van der Waals surface area contributed by atoms with Crippen LogP contribution in [0.3, 0.4) is 0 Å². The maximum absolute atomic E-state index is 13.1. The van der Waals surface area contributed by atoms with E-state index < -0.39 is 0 Å². The molecule has 4 rings (SSSR count). The summed E-state index contributed by atoms with van der Waals surface area (Å²) in [6, 6.07) is 23.1. The summed E-state index contributed by atoms with van der Waals surface area (Å²) in [6.07, 6.45) is 2.26. The number of carbonyl (C=O) groups excluding carboxylic acids is 2. The van der Waals surface area contributed by atoms with E-state index in [1.165, 1.54) is 12.1 Å². The Hall–Kier alpha value is -4.59. The lowest BCUT2D eigenvalue weighted by molar-refractivity contribution is 0.0951. The number of ether oxygens (including phenoxy) is 1. The standard InChI is InChI=1S/C27H26N4O4/c1-35-23-13-11-19(12-14-23)25-24(18-31(30-25)21-8-3-2-4-9-21)27(34)29-16-6-15-28-26(33)20-7-5-10-22(32)17-20/h2-5,7-14,17-18,32H,6,15-16H2,1H3,(H,28,33)(H,29,34). The second kappa shape index (κ2) is 11.0. The van der Waals surface area contributed by atoms with Crippen LogP contribution in [0.1, 0.15) is 27.1 Å². The topological polar surface area (TPSA) is 105 Å². The van der Waals surface area contributed by atoms with Gasteiger partial charge in [0, 0.05) is 30.4 Å². The van der Waals surface area contributed by atoms with Crippen molar-refractivity contribution in [2.75, 3.05) is 20.2 Å². The van der Waals surface area contributed by atoms with E-state index in [4.69, 9.17) is 4.74 Å².